The van der Waals surface area contributed by atoms with Crippen LogP contribution in [-0.2, 0) is 11.2 Å². The largest absolute Gasteiger partial charge is 0.326 e. The molecule has 0 aliphatic rings. The van der Waals surface area contributed by atoms with Crippen LogP contribution in [0.5, 0.6) is 0 Å². The molecule has 1 aromatic heterocycles. The second-order valence-electron chi connectivity index (χ2n) is 4.45. The Morgan fingerprint density at radius 1 is 1.22 bits per heavy atom. The molecule has 2 nitrogen and oxygen atoms in total. The number of thiophene rings is 1. The van der Waals surface area contributed by atoms with E-state index in [1.807, 2.05) is 37.4 Å². The molecule has 0 unspecified atom stereocenters. The van der Waals surface area contributed by atoms with Crippen LogP contribution in [0.2, 0.25) is 0 Å². The number of carbonyl (C=O) groups excluding carboxylic acids is 1. The number of anilines is 1. The maximum atomic E-state index is 11.9. The van der Waals surface area contributed by atoms with Crippen molar-refractivity contribution in [1.82, 2.24) is 0 Å². The number of nitrogens with one attached hydrogen (secondary N) is 1. The molecule has 0 aliphatic heterocycles. The fourth-order valence-electron chi connectivity index (χ4n) is 1.91. The maximum Gasteiger partial charge on any atom is 0.224 e. The molecule has 0 atom stereocenters. The van der Waals surface area contributed by atoms with Crippen LogP contribution >= 0.6 is 11.3 Å². The highest BCUT2D eigenvalue weighted by atomic mass is 32.1. The Morgan fingerprint density at radius 3 is 2.56 bits per heavy atom. The van der Waals surface area contributed by atoms with Gasteiger partial charge in [0.15, 0.2) is 0 Å². The number of carbonyl (C=O) groups is 1. The fraction of sp³-hybridized carbons (Fsp3) is 0.267. The second-order valence-corrected chi connectivity index (χ2v) is 5.23. The average Bonchev–Trinajstić information content (AvgIpc) is 2.84. The molecule has 3 heteroatoms. The van der Waals surface area contributed by atoms with Gasteiger partial charge in [0.1, 0.15) is 0 Å². The average molecular weight is 259 g/mol. The van der Waals surface area contributed by atoms with Crippen LogP contribution in [0.3, 0.4) is 0 Å². The summed E-state index contributed by atoms with van der Waals surface area (Å²) in [5, 5.41) is 7.14. The van der Waals surface area contributed by atoms with Crippen molar-refractivity contribution in [3.63, 3.8) is 0 Å². The van der Waals surface area contributed by atoms with Crippen LogP contribution in [0.15, 0.2) is 35.0 Å². The smallest absolute Gasteiger partial charge is 0.224 e. The molecule has 0 saturated carbocycles. The highest BCUT2D eigenvalue weighted by Gasteiger charge is 2.07. The normalized spacial score (nSPS) is 10.3. The molecule has 1 amide bonds. The lowest BCUT2D eigenvalue weighted by molar-refractivity contribution is -0.116. The third kappa shape index (κ3) is 3.20. The summed E-state index contributed by atoms with van der Waals surface area (Å²) in [5.74, 6) is 0.0820. The molecule has 1 aromatic carbocycles. The third-order valence-electron chi connectivity index (χ3n) is 2.97. The highest BCUT2D eigenvalue weighted by molar-refractivity contribution is 7.07. The number of rotatable bonds is 4. The van der Waals surface area contributed by atoms with Crippen molar-refractivity contribution in [1.29, 1.82) is 0 Å². The summed E-state index contributed by atoms with van der Waals surface area (Å²) < 4.78 is 0. The molecule has 0 aliphatic carbocycles. The number of amides is 1. The summed E-state index contributed by atoms with van der Waals surface area (Å²) in [5.41, 5.74) is 4.40. The first-order valence-corrected chi connectivity index (χ1v) is 6.98. The SMILES string of the molecule is Cc1cccc(C)c1NC(=O)CCc1ccsc1. The molecule has 1 N–H and O–H groups in total. The lowest BCUT2D eigenvalue weighted by Gasteiger charge is -2.11. The van der Waals surface area contributed by atoms with Gasteiger partial charge in [0.25, 0.3) is 0 Å². The zero-order valence-corrected chi connectivity index (χ0v) is 11.5. The Hall–Kier alpha value is -1.61. The predicted molar refractivity (Wildman–Crippen MR) is 77.2 cm³/mol. The molecule has 0 saturated heterocycles. The topological polar surface area (TPSA) is 29.1 Å². The minimum atomic E-state index is 0.0820. The van der Waals surface area contributed by atoms with Crippen LogP contribution in [0.25, 0.3) is 0 Å². The van der Waals surface area contributed by atoms with Gasteiger partial charge in [-0.15, -0.1) is 0 Å². The lowest BCUT2D eigenvalue weighted by atomic mass is 10.1. The third-order valence-corrected chi connectivity index (χ3v) is 3.70. The summed E-state index contributed by atoms with van der Waals surface area (Å²) in [6.45, 7) is 4.03. The van der Waals surface area contributed by atoms with Gasteiger partial charge in [-0.25, -0.2) is 0 Å². The molecule has 94 valence electrons. The van der Waals surface area contributed by atoms with Crippen molar-refractivity contribution < 1.29 is 4.79 Å². The first kappa shape index (κ1) is 12.8. The zero-order chi connectivity index (χ0) is 13.0. The van der Waals surface area contributed by atoms with Crippen LogP contribution in [0.4, 0.5) is 5.69 Å². The quantitative estimate of drug-likeness (QED) is 0.885. The summed E-state index contributed by atoms with van der Waals surface area (Å²) >= 11 is 1.67. The fourth-order valence-corrected chi connectivity index (χ4v) is 2.61. The van der Waals surface area contributed by atoms with E-state index in [1.54, 1.807) is 11.3 Å². The molecule has 18 heavy (non-hydrogen) atoms. The van der Waals surface area contributed by atoms with E-state index in [1.165, 1.54) is 5.56 Å². The van der Waals surface area contributed by atoms with Gasteiger partial charge in [0.05, 0.1) is 0 Å². The Bertz CT molecular complexity index is 511. The summed E-state index contributed by atoms with van der Waals surface area (Å²) in [6, 6.07) is 8.10. The molecule has 0 spiro atoms. The van der Waals surface area contributed by atoms with Crippen molar-refractivity contribution in [3.05, 3.63) is 51.7 Å². The van der Waals surface area contributed by atoms with Gasteiger partial charge in [0.2, 0.25) is 5.91 Å². The van der Waals surface area contributed by atoms with Crippen molar-refractivity contribution >= 4 is 22.9 Å². The Morgan fingerprint density at radius 2 is 1.94 bits per heavy atom. The number of aryl methyl sites for hydroxylation is 3. The number of para-hydroxylation sites is 1. The van der Waals surface area contributed by atoms with Crippen LogP contribution in [0.1, 0.15) is 23.1 Å². The van der Waals surface area contributed by atoms with Crippen molar-refractivity contribution in [2.75, 3.05) is 5.32 Å². The second kappa shape index (κ2) is 5.83. The van der Waals surface area contributed by atoms with Gasteiger partial charge in [0, 0.05) is 12.1 Å². The number of hydrogen-bond acceptors (Lipinski definition) is 2. The van der Waals surface area contributed by atoms with Crippen LogP contribution in [0, 0.1) is 13.8 Å². The van der Waals surface area contributed by atoms with Crippen molar-refractivity contribution in [3.8, 4) is 0 Å². The molecule has 2 aromatic rings. The summed E-state index contributed by atoms with van der Waals surface area (Å²) in [6.07, 6.45) is 1.34. The van der Waals surface area contributed by atoms with Gasteiger partial charge < -0.3 is 5.32 Å². The molecule has 1 heterocycles. The molecule has 0 radical (unpaired) electrons. The summed E-state index contributed by atoms with van der Waals surface area (Å²) in [7, 11) is 0. The Labute approximate surface area is 112 Å². The Balaban J connectivity index is 1.95. The van der Waals surface area contributed by atoms with E-state index in [0.29, 0.717) is 6.42 Å². The number of benzene rings is 1. The van der Waals surface area contributed by atoms with Gasteiger partial charge in [-0.1, -0.05) is 18.2 Å². The highest BCUT2D eigenvalue weighted by Crippen LogP contribution is 2.19. The van der Waals surface area contributed by atoms with E-state index >= 15 is 0 Å². The Kier molecular flexibility index (Phi) is 4.15. The van der Waals surface area contributed by atoms with Crippen LogP contribution < -0.4 is 5.32 Å². The minimum absolute atomic E-state index is 0.0820. The first-order chi connectivity index (χ1) is 8.66. The van der Waals surface area contributed by atoms with Gasteiger partial charge in [-0.2, -0.15) is 11.3 Å². The van der Waals surface area contributed by atoms with E-state index < -0.39 is 0 Å². The zero-order valence-electron chi connectivity index (χ0n) is 10.7. The van der Waals surface area contributed by atoms with Crippen molar-refractivity contribution in [2.45, 2.75) is 26.7 Å². The number of hydrogen-bond donors (Lipinski definition) is 1. The van der Waals surface area contributed by atoms with E-state index in [2.05, 4.69) is 16.8 Å². The van der Waals surface area contributed by atoms with E-state index in [9.17, 15) is 4.79 Å². The van der Waals surface area contributed by atoms with Gasteiger partial charge in [-0.05, 0) is 53.8 Å². The lowest BCUT2D eigenvalue weighted by Crippen LogP contribution is -2.14. The molecular formula is C15H17NOS. The van der Waals surface area contributed by atoms with Gasteiger partial charge in [-0.3, -0.25) is 4.79 Å². The minimum Gasteiger partial charge on any atom is -0.326 e. The predicted octanol–water partition coefficient (Wildman–Crippen LogP) is 3.94. The monoisotopic (exact) mass is 259 g/mol. The van der Waals surface area contributed by atoms with E-state index in [-0.39, 0.29) is 5.91 Å². The van der Waals surface area contributed by atoms with Crippen molar-refractivity contribution in [2.24, 2.45) is 0 Å². The molecule has 0 bridgehead atoms. The molecule has 0 fully saturated rings. The maximum absolute atomic E-state index is 11.9. The molecular weight excluding hydrogens is 242 g/mol. The van der Waals surface area contributed by atoms with Crippen LogP contribution in [-0.4, -0.2) is 5.91 Å². The van der Waals surface area contributed by atoms with Gasteiger partial charge >= 0.3 is 0 Å². The van der Waals surface area contributed by atoms with E-state index in [4.69, 9.17) is 0 Å². The summed E-state index contributed by atoms with van der Waals surface area (Å²) in [4.78, 5) is 11.9. The first-order valence-electron chi connectivity index (χ1n) is 6.04. The standard InChI is InChI=1S/C15H17NOS/c1-11-4-3-5-12(2)15(11)16-14(17)7-6-13-8-9-18-10-13/h3-5,8-10H,6-7H2,1-2H3,(H,16,17). The molecule has 2 rings (SSSR count). The van der Waals surface area contributed by atoms with E-state index in [0.717, 1.165) is 23.2 Å².